The second-order valence-corrected chi connectivity index (χ2v) is 6.91. The minimum Gasteiger partial charge on any atom is -0.374 e. The Hall–Kier alpha value is -2.27. The van der Waals surface area contributed by atoms with Crippen LogP contribution in [0.1, 0.15) is 13.3 Å². The first kappa shape index (κ1) is 15.6. The lowest BCUT2D eigenvalue weighted by Gasteiger charge is -2.33. The number of rotatable bonds is 5. The van der Waals surface area contributed by atoms with Gasteiger partial charge in [-0.2, -0.15) is 0 Å². The molecule has 0 saturated heterocycles. The van der Waals surface area contributed by atoms with E-state index in [4.69, 9.17) is 0 Å². The SMILES string of the molecule is CN(CC1(C)C=CC=CC1)c1ccc(N=Nc2nccs2)cc1. The van der Waals surface area contributed by atoms with E-state index in [1.165, 1.54) is 17.0 Å². The van der Waals surface area contributed by atoms with Gasteiger partial charge in [0.25, 0.3) is 0 Å². The van der Waals surface area contributed by atoms with Crippen LogP contribution in [0, 0.1) is 5.41 Å². The summed E-state index contributed by atoms with van der Waals surface area (Å²) in [5, 5.41) is 10.9. The third kappa shape index (κ3) is 4.13. The zero-order valence-corrected chi connectivity index (χ0v) is 14.2. The predicted octanol–water partition coefficient (Wildman–Crippen LogP) is 5.52. The summed E-state index contributed by atoms with van der Waals surface area (Å²) < 4.78 is 0. The number of thiazole rings is 1. The molecular weight excluding hydrogens is 304 g/mol. The van der Waals surface area contributed by atoms with Crippen LogP contribution in [0.4, 0.5) is 16.5 Å². The topological polar surface area (TPSA) is 40.9 Å². The van der Waals surface area contributed by atoms with Gasteiger partial charge in [-0.05, 0) is 30.7 Å². The summed E-state index contributed by atoms with van der Waals surface area (Å²) in [6.07, 6.45) is 11.6. The van der Waals surface area contributed by atoms with Gasteiger partial charge in [-0.25, -0.2) is 4.98 Å². The van der Waals surface area contributed by atoms with Crippen molar-refractivity contribution in [3.8, 4) is 0 Å². The van der Waals surface area contributed by atoms with E-state index in [1.54, 1.807) is 6.20 Å². The van der Waals surface area contributed by atoms with Gasteiger partial charge in [0.1, 0.15) is 0 Å². The predicted molar refractivity (Wildman–Crippen MR) is 97.0 cm³/mol. The van der Waals surface area contributed by atoms with Crippen LogP contribution in [0.15, 0.2) is 70.4 Å². The van der Waals surface area contributed by atoms with Crippen LogP contribution >= 0.6 is 11.3 Å². The van der Waals surface area contributed by atoms with Crippen molar-refractivity contribution < 1.29 is 0 Å². The van der Waals surface area contributed by atoms with E-state index in [-0.39, 0.29) is 5.41 Å². The molecule has 1 unspecified atom stereocenters. The van der Waals surface area contributed by atoms with Gasteiger partial charge in [0, 0.05) is 36.3 Å². The normalized spacial score (nSPS) is 20.3. The maximum absolute atomic E-state index is 4.21. The molecule has 1 aliphatic rings. The van der Waals surface area contributed by atoms with Crippen molar-refractivity contribution in [2.75, 3.05) is 18.5 Å². The Labute approximate surface area is 140 Å². The van der Waals surface area contributed by atoms with E-state index >= 15 is 0 Å². The minimum atomic E-state index is 0.187. The molecule has 1 heterocycles. The standard InChI is InChI=1S/C18H20N4S/c1-18(10-4-3-5-11-18)14-22(2)16-8-6-15(7-9-16)20-21-17-19-12-13-23-17/h3-10,12-13H,11,14H2,1-2H3. The van der Waals surface area contributed by atoms with Gasteiger partial charge >= 0.3 is 0 Å². The number of benzene rings is 1. The van der Waals surface area contributed by atoms with Crippen molar-refractivity contribution in [3.05, 3.63) is 60.1 Å². The average molecular weight is 324 g/mol. The molecule has 0 radical (unpaired) electrons. The Kier molecular flexibility index (Phi) is 4.67. The largest absolute Gasteiger partial charge is 0.374 e. The number of hydrogen-bond acceptors (Lipinski definition) is 5. The molecule has 23 heavy (non-hydrogen) atoms. The van der Waals surface area contributed by atoms with E-state index < -0.39 is 0 Å². The molecule has 0 N–H and O–H groups in total. The van der Waals surface area contributed by atoms with Crippen molar-refractivity contribution >= 4 is 27.8 Å². The highest BCUT2D eigenvalue weighted by Crippen LogP contribution is 2.30. The van der Waals surface area contributed by atoms with Gasteiger partial charge in [-0.3, -0.25) is 0 Å². The third-order valence-corrected chi connectivity index (χ3v) is 4.54. The zero-order chi connectivity index (χ0) is 16.1. The lowest BCUT2D eigenvalue weighted by atomic mass is 9.83. The van der Waals surface area contributed by atoms with Crippen LogP contribution in [0.3, 0.4) is 0 Å². The number of allylic oxidation sites excluding steroid dienone is 3. The molecule has 118 valence electrons. The first-order chi connectivity index (χ1) is 11.1. The maximum atomic E-state index is 4.21. The number of nitrogens with zero attached hydrogens (tertiary/aromatic N) is 4. The van der Waals surface area contributed by atoms with Crippen molar-refractivity contribution in [3.63, 3.8) is 0 Å². The highest BCUT2D eigenvalue weighted by atomic mass is 32.1. The molecule has 0 spiro atoms. The second-order valence-electron chi connectivity index (χ2n) is 6.03. The molecule has 0 amide bonds. The van der Waals surface area contributed by atoms with E-state index in [2.05, 4.69) is 70.5 Å². The summed E-state index contributed by atoms with van der Waals surface area (Å²) in [4.78, 5) is 6.37. The van der Waals surface area contributed by atoms with Gasteiger partial charge in [-0.1, -0.05) is 31.2 Å². The second kappa shape index (κ2) is 6.87. The number of anilines is 1. The molecule has 3 rings (SSSR count). The van der Waals surface area contributed by atoms with Crippen LogP contribution in [-0.2, 0) is 0 Å². The molecular formula is C18H20N4S. The lowest BCUT2D eigenvalue weighted by Crippen LogP contribution is -2.32. The molecule has 0 aliphatic heterocycles. The van der Waals surface area contributed by atoms with Gasteiger partial charge in [-0.15, -0.1) is 21.6 Å². The number of hydrogen-bond donors (Lipinski definition) is 0. The first-order valence-corrected chi connectivity index (χ1v) is 8.49. The summed E-state index contributed by atoms with van der Waals surface area (Å²) in [6.45, 7) is 3.27. The van der Waals surface area contributed by atoms with Crippen molar-refractivity contribution in [2.45, 2.75) is 13.3 Å². The average Bonchev–Trinajstić information content (AvgIpc) is 3.07. The molecule has 1 aromatic carbocycles. The lowest BCUT2D eigenvalue weighted by molar-refractivity contribution is 0.434. The smallest absolute Gasteiger partial charge is 0.229 e. The summed E-state index contributed by atoms with van der Waals surface area (Å²) in [6, 6.07) is 8.15. The van der Waals surface area contributed by atoms with Crippen molar-refractivity contribution in [2.24, 2.45) is 15.6 Å². The molecule has 0 saturated carbocycles. The Bertz CT molecular complexity index is 716. The molecule has 1 aromatic heterocycles. The molecule has 1 atom stereocenters. The fraction of sp³-hybridized carbons (Fsp3) is 0.278. The van der Waals surface area contributed by atoms with E-state index in [0.29, 0.717) is 5.13 Å². The van der Waals surface area contributed by atoms with Crippen LogP contribution in [0.2, 0.25) is 0 Å². The summed E-state index contributed by atoms with van der Waals surface area (Å²) in [5.74, 6) is 0. The van der Waals surface area contributed by atoms with Gasteiger partial charge in [0.2, 0.25) is 5.13 Å². The Morgan fingerprint density at radius 1 is 1.22 bits per heavy atom. The summed E-state index contributed by atoms with van der Waals surface area (Å²) in [7, 11) is 2.13. The Morgan fingerprint density at radius 2 is 2.04 bits per heavy atom. The van der Waals surface area contributed by atoms with Crippen molar-refractivity contribution in [1.29, 1.82) is 0 Å². The summed E-state index contributed by atoms with van der Waals surface area (Å²) in [5.41, 5.74) is 2.21. The van der Waals surface area contributed by atoms with E-state index in [1.807, 2.05) is 17.5 Å². The highest BCUT2D eigenvalue weighted by molar-refractivity contribution is 7.13. The third-order valence-electron chi connectivity index (χ3n) is 3.89. The molecule has 2 aromatic rings. The minimum absolute atomic E-state index is 0.187. The first-order valence-electron chi connectivity index (χ1n) is 7.61. The van der Waals surface area contributed by atoms with E-state index in [9.17, 15) is 0 Å². The van der Waals surface area contributed by atoms with Gasteiger partial charge in [0.05, 0.1) is 5.69 Å². The molecule has 4 nitrogen and oxygen atoms in total. The number of aromatic nitrogens is 1. The molecule has 5 heteroatoms. The fourth-order valence-corrected chi connectivity index (χ4v) is 3.11. The van der Waals surface area contributed by atoms with E-state index in [0.717, 1.165) is 18.7 Å². The van der Waals surface area contributed by atoms with Crippen LogP contribution in [-0.4, -0.2) is 18.6 Å². The van der Waals surface area contributed by atoms with Crippen molar-refractivity contribution in [1.82, 2.24) is 4.98 Å². The quantitative estimate of drug-likeness (QED) is 0.680. The zero-order valence-electron chi connectivity index (χ0n) is 13.4. The van der Waals surface area contributed by atoms with Gasteiger partial charge in [0.15, 0.2) is 0 Å². The Balaban J connectivity index is 1.64. The molecule has 0 fully saturated rings. The molecule has 0 bridgehead atoms. The molecule has 1 aliphatic carbocycles. The highest BCUT2D eigenvalue weighted by Gasteiger charge is 2.23. The van der Waals surface area contributed by atoms with Crippen LogP contribution < -0.4 is 4.90 Å². The van der Waals surface area contributed by atoms with Crippen LogP contribution in [0.5, 0.6) is 0 Å². The fourth-order valence-electron chi connectivity index (χ4n) is 2.66. The summed E-state index contributed by atoms with van der Waals surface area (Å²) >= 11 is 1.48. The van der Waals surface area contributed by atoms with Gasteiger partial charge < -0.3 is 4.90 Å². The Morgan fingerprint density at radius 3 is 2.70 bits per heavy atom. The monoisotopic (exact) mass is 324 g/mol. The number of azo groups is 1. The maximum Gasteiger partial charge on any atom is 0.229 e. The van der Waals surface area contributed by atoms with Crippen LogP contribution in [0.25, 0.3) is 0 Å².